The van der Waals surface area contributed by atoms with E-state index in [1.54, 1.807) is 0 Å². The van der Waals surface area contributed by atoms with Crippen LogP contribution >= 0.6 is 11.8 Å². The highest BCUT2D eigenvalue weighted by atomic mass is 32.2. The first-order valence-corrected chi connectivity index (χ1v) is 7.29. The second-order valence-corrected chi connectivity index (χ2v) is 5.51. The van der Waals surface area contributed by atoms with Gasteiger partial charge in [0.25, 0.3) is 0 Å². The summed E-state index contributed by atoms with van der Waals surface area (Å²) in [6, 6.07) is 7.11. The fourth-order valence-electron chi connectivity index (χ4n) is 1.71. The van der Waals surface area contributed by atoms with Crippen LogP contribution in [0, 0.1) is 11.6 Å². The van der Waals surface area contributed by atoms with E-state index in [9.17, 15) is 26.7 Å². The summed E-state index contributed by atoms with van der Waals surface area (Å²) >= 11 is 0.817. The van der Waals surface area contributed by atoms with Crippen LogP contribution in [0.15, 0.2) is 47.4 Å². The third-order valence-electron chi connectivity index (χ3n) is 2.73. The number of carbonyl (C=O) groups is 1. The summed E-state index contributed by atoms with van der Waals surface area (Å²) < 4.78 is 63.8. The van der Waals surface area contributed by atoms with Crippen molar-refractivity contribution in [2.45, 2.75) is 11.1 Å². The molecule has 2 aromatic carbocycles. The van der Waals surface area contributed by atoms with Crippen LogP contribution in [0.25, 0.3) is 0 Å². The largest absolute Gasteiger partial charge is 0.416 e. The first-order chi connectivity index (χ1) is 10.8. The van der Waals surface area contributed by atoms with Crippen LogP contribution in [0.2, 0.25) is 0 Å². The second-order valence-electron chi connectivity index (χ2n) is 4.49. The number of amides is 1. The maximum Gasteiger partial charge on any atom is 0.416 e. The Hall–Kier alpha value is -2.09. The summed E-state index contributed by atoms with van der Waals surface area (Å²) in [5.74, 6) is -2.36. The van der Waals surface area contributed by atoms with Gasteiger partial charge in [-0.25, -0.2) is 8.78 Å². The first-order valence-electron chi connectivity index (χ1n) is 6.30. The lowest BCUT2D eigenvalue weighted by molar-refractivity contribution is -0.137. The van der Waals surface area contributed by atoms with Crippen molar-refractivity contribution in [2.24, 2.45) is 0 Å². The fraction of sp³-hybridized carbons (Fsp3) is 0.133. The molecule has 1 N–H and O–H groups in total. The molecular weight excluding hydrogens is 337 g/mol. The summed E-state index contributed by atoms with van der Waals surface area (Å²) in [6.07, 6.45) is -4.51. The Morgan fingerprint density at radius 2 is 1.83 bits per heavy atom. The number of hydrogen-bond donors (Lipinski definition) is 1. The monoisotopic (exact) mass is 347 g/mol. The molecule has 0 heterocycles. The van der Waals surface area contributed by atoms with E-state index in [0.29, 0.717) is 6.07 Å². The van der Waals surface area contributed by atoms with Crippen LogP contribution in [-0.2, 0) is 11.0 Å². The molecule has 122 valence electrons. The number of alkyl halides is 3. The number of benzene rings is 2. The van der Waals surface area contributed by atoms with Gasteiger partial charge < -0.3 is 5.32 Å². The Kier molecular flexibility index (Phi) is 5.25. The molecule has 0 aromatic heterocycles. The van der Waals surface area contributed by atoms with E-state index in [0.717, 1.165) is 30.0 Å². The molecule has 0 unspecified atom stereocenters. The minimum atomic E-state index is -4.51. The molecule has 0 bridgehead atoms. The summed E-state index contributed by atoms with van der Waals surface area (Å²) in [5.41, 5.74) is -0.891. The normalized spacial score (nSPS) is 11.3. The Morgan fingerprint density at radius 3 is 2.48 bits per heavy atom. The number of anilines is 1. The van der Waals surface area contributed by atoms with Gasteiger partial charge in [0, 0.05) is 16.6 Å². The fourth-order valence-corrected chi connectivity index (χ4v) is 2.43. The van der Waals surface area contributed by atoms with Gasteiger partial charge in [0.1, 0.15) is 11.6 Å². The van der Waals surface area contributed by atoms with Gasteiger partial charge in [-0.3, -0.25) is 4.79 Å². The molecule has 0 aliphatic rings. The zero-order chi connectivity index (χ0) is 17.0. The minimum Gasteiger partial charge on any atom is -0.325 e. The minimum absolute atomic E-state index is 0.00926. The molecule has 2 nitrogen and oxygen atoms in total. The van der Waals surface area contributed by atoms with Crippen molar-refractivity contribution >= 4 is 23.4 Å². The lowest BCUT2D eigenvalue weighted by atomic mass is 10.2. The molecule has 0 fully saturated rings. The second kappa shape index (κ2) is 6.99. The van der Waals surface area contributed by atoms with Gasteiger partial charge in [-0.05, 0) is 30.3 Å². The number of halogens is 5. The van der Waals surface area contributed by atoms with E-state index in [1.807, 2.05) is 0 Å². The van der Waals surface area contributed by atoms with E-state index >= 15 is 0 Å². The lowest BCUT2D eigenvalue weighted by Gasteiger charge is -2.10. The van der Waals surface area contributed by atoms with Gasteiger partial charge >= 0.3 is 6.18 Å². The maximum absolute atomic E-state index is 13.4. The molecule has 1 amide bonds. The highest BCUT2D eigenvalue weighted by molar-refractivity contribution is 8.00. The van der Waals surface area contributed by atoms with Gasteiger partial charge in [-0.2, -0.15) is 13.2 Å². The van der Waals surface area contributed by atoms with Crippen molar-refractivity contribution in [3.63, 3.8) is 0 Å². The van der Waals surface area contributed by atoms with Crippen molar-refractivity contribution in [1.82, 2.24) is 0 Å². The predicted molar refractivity (Wildman–Crippen MR) is 77.2 cm³/mol. The molecule has 0 atom stereocenters. The van der Waals surface area contributed by atoms with Crippen molar-refractivity contribution < 1.29 is 26.7 Å². The zero-order valence-corrected chi connectivity index (χ0v) is 12.3. The van der Waals surface area contributed by atoms with Gasteiger partial charge in [-0.15, -0.1) is 11.8 Å². The van der Waals surface area contributed by atoms with Crippen molar-refractivity contribution in [3.8, 4) is 0 Å². The third kappa shape index (κ3) is 4.95. The van der Waals surface area contributed by atoms with E-state index < -0.39 is 29.3 Å². The van der Waals surface area contributed by atoms with Crippen LogP contribution in [0.5, 0.6) is 0 Å². The molecule has 0 saturated heterocycles. The third-order valence-corrected chi connectivity index (χ3v) is 3.77. The van der Waals surface area contributed by atoms with Crippen molar-refractivity contribution in [1.29, 1.82) is 0 Å². The molecule has 0 radical (unpaired) electrons. The Morgan fingerprint density at radius 1 is 1.09 bits per heavy atom. The molecule has 8 heteroatoms. The SMILES string of the molecule is O=C(CSc1ccc(F)cc1F)Nc1cccc(C(F)(F)F)c1. The molecule has 0 aliphatic carbocycles. The van der Waals surface area contributed by atoms with Crippen LogP contribution < -0.4 is 5.32 Å². The van der Waals surface area contributed by atoms with Gasteiger partial charge in [0.2, 0.25) is 5.91 Å². The number of carbonyl (C=O) groups excluding carboxylic acids is 1. The summed E-state index contributed by atoms with van der Waals surface area (Å²) in [5, 5.41) is 2.30. The van der Waals surface area contributed by atoms with E-state index in [2.05, 4.69) is 5.32 Å². The highest BCUT2D eigenvalue weighted by Gasteiger charge is 2.30. The van der Waals surface area contributed by atoms with E-state index in [4.69, 9.17) is 0 Å². The number of rotatable bonds is 4. The molecule has 0 saturated carbocycles. The van der Waals surface area contributed by atoms with Crippen LogP contribution in [0.3, 0.4) is 0 Å². The predicted octanol–water partition coefficient (Wildman–Crippen LogP) is 4.71. The summed E-state index contributed by atoms with van der Waals surface area (Å²) in [4.78, 5) is 11.8. The van der Waals surface area contributed by atoms with Crippen molar-refractivity contribution in [2.75, 3.05) is 11.1 Å². The first kappa shape index (κ1) is 17.3. The molecular formula is C15H10F5NOS. The topological polar surface area (TPSA) is 29.1 Å². The molecule has 0 aliphatic heterocycles. The standard InChI is InChI=1S/C15H10F5NOS/c16-10-4-5-13(12(17)7-10)23-8-14(22)21-11-3-1-2-9(6-11)15(18,19)20/h1-7H,8H2,(H,21,22). The van der Waals surface area contributed by atoms with Gasteiger partial charge in [0.05, 0.1) is 11.3 Å². The maximum atomic E-state index is 13.4. The van der Waals surface area contributed by atoms with Crippen LogP contribution in [0.4, 0.5) is 27.6 Å². The number of thioether (sulfide) groups is 1. The molecule has 2 rings (SSSR count). The van der Waals surface area contributed by atoms with Crippen LogP contribution in [0.1, 0.15) is 5.56 Å². The van der Waals surface area contributed by atoms with Gasteiger partial charge in [-0.1, -0.05) is 6.07 Å². The average molecular weight is 347 g/mol. The lowest BCUT2D eigenvalue weighted by Crippen LogP contribution is -2.15. The number of hydrogen-bond acceptors (Lipinski definition) is 2. The summed E-state index contributed by atoms with van der Waals surface area (Å²) in [7, 11) is 0. The zero-order valence-electron chi connectivity index (χ0n) is 11.5. The Bertz CT molecular complexity index is 717. The molecule has 0 spiro atoms. The van der Waals surface area contributed by atoms with Crippen LogP contribution in [-0.4, -0.2) is 11.7 Å². The Labute approximate surface area is 132 Å². The van der Waals surface area contributed by atoms with E-state index in [-0.39, 0.29) is 16.3 Å². The van der Waals surface area contributed by atoms with E-state index in [1.165, 1.54) is 18.2 Å². The molecule has 23 heavy (non-hydrogen) atoms. The number of nitrogens with one attached hydrogen (secondary N) is 1. The smallest absolute Gasteiger partial charge is 0.325 e. The Balaban J connectivity index is 1.97. The molecule has 2 aromatic rings. The van der Waals surface area contributed by atoms with Crippen molar-refractivity contribution in [3.05, 3.63) is 59.7 Å². The summed E-state index contributed by atoms with van der Waals surface area (Å²) in [6.45, 7) is 0. The average Bonchev–Trinajstić information content (AvgIpc) is 2.45. The van der Waals surface area contributed by atoms with Gasteiger partial charge in [0.15, 0.2) is 0 Å². The highest BCUT2D eigenvalue weighted by Crippen LogP contribution is 2.30. The quantitative estimate of drug-likeness (QED) is 0.641.